The Balaban J connectivity index is 3.00. The lowest BCUT2D eigenvalue weighted by Gasteiger charge is -2.11. The summed E-state index contributed by atoms with van der Waals surface area (Å²) in [5.41, 5.74) is 5.46. The lowest BCUT2D eigenvalue weighted by Crippen LogP contribution is -2.42. The fraction of sp³-hybridized carbons (Fsp3) is 0.300. The molecule has 0 radical (unpaired) electrons. The molecule has 0 atom stereocenters. The first kappa shape index (κ1) is 14.2. The van der Waals surface area contributed by atoms with E-state index in [2.05, 4.69) is 5.32 Å². The highest BCUT2D eigenvalue weighted by Gasteiger charge is 2.22. The maximum absolute atomic E-state index is 13.4. The molecule has 0 heterocycles. The molecule has 1 rings (SSSR count). The summed E-state index contributed by atoms with van der Waals surface area (Å²) in [6, 6.07) is 1.92. The van der Waals surface area contributed by atoms with Crippen molar-refractivity contribution in [1.82, 2.24) is 10.0 Å². The van der Waals surface area contributed by atoms with E-state index in [1.165, 1.54) is 6.07 Å². The van der Waals surface area contributed by atoms with Crippen LogP contribution >= 0.6 is 0 Å². The van der Waals surface area contributed by atoms with Gasteiger partial charge in [-0.05, 0) is 32.0 Å². The molecule has 0 aromatic heterocycles. The number of carbonyl (C=O) groups is 1. The first-order valence-electron chi connectivity index (χ1n) is 5.10. The highest BCUT2D eigenvalue weighted by Crippen LogP contribution is 2.17. The monoisotopic (exact) mass is 275 g/mol. The van der Waals surface area contributed by atoms with Gasteiger partial charge in [0.15, 0.2) is 0 Å². The third kappa shape index (κ3) is 3.59. The Morgan fingerprint density at radius 1 is 1.39 bits per heavy atom. The predicted octanol–water partition coefficient (Wildman–Crippen LogP) is 0.804. The normalized spacial score (nSPS) is 11.3. The number of anilines is 1. The Hall–Kier alpha value is -1.83. The number of urea groups is 1. The quantitative estimate of drug-likeness (QED) is 0.710. The Kier molecular flexibility index (Phi) is 4.12. The molecule has 0 aliphatic carbocycles. The third-order valence-corrected chi connectivity index (χ3v) is 3.24. The van der Waals surface area contributed by atoms with Gasteiger partial charge in [0.2, 0.25) is 0 Å². The van der Waals surface area contributed by atoms with E-state index in [1.54, 1.807) is 18.6 Å². The van der Waals surface area contributed by atoms with Crippen molar-refractivity contribution >= 4 is 21.7 Å². The molecule has 0 bridgehead atoms. The van der Waals surface area contributed by atoms with Crippen molar-refractivity contribution in [1.29, 1.82) is 0 Å². The van der Waals surface area contributed by atoms with Crippen LogP contribution < -0.4 is 15.8 Å². The lowest BCUT2D eigenvalue weighted by molar-refractivity contribution is 0.243. The van der Waals surface area contributed by atoms with Gasteiger partial charge in [0.05, 0.1) is 0 Å². The molecule has 0 aliphatic heterocycles. The van der Waals surface area contributed by atoms with Gasteiger partial charge in [-0.1, -0.05) is 0 Å². The summed E-state index contributed by atoms with van der Waals surface area (Å²) >= 11 is 0. The molecule has 0 fully saturated rings. The van der Waals surface area contributed by atoms with Crippen molar-refractivity contribution in [3.63, 3.8) is 0 Å². The van der Waals surface area contributed by atoms with Crippen molar-refractivity contribution < 1.29 is 17.6 Å². The molecule has 1 aromatic carbocycles. The minimum absolute atomic E-state index is 0.0843. The molecule has 4 N–H and O–H groups in total. The maximum Gasteiger partial charge on any atom is 0.328 e. The topological polar surface area (TPSA) is 101 Å². The molecular formula is C10H14FN3O3S. The van der Waals surface area contributed by atoms with E-state index in [0.29, 0.717) is 0 Å². The van der Waals surface area contributed by atoms with Crippen LogP contribution in [-0.4, -0.2) is 20.5 Å². The van der Waals surface area contributed by atoms with E-state index in [-0.39, 0.29) is 11.7 Å². The van der Waals surface area contributed by atoms with Crippen molar-refractivity contribution in [3.05, 3.63) is 24.0 Å². The van der Waals surface area contributed by atoms with Crippen molar-refractivity contribution in [2.75, 3.05) is 5.73 Å². The van der Waals surface area contributed by atoms with Gasteiger partial charge >= 0.3 is 6.03 Å². The Bertz CT molecular complexity index is 557. The molecule has 8 heteroatoms. The predicted molar refractivity (Wildman–Crippen MR) is 64.8 cm³/mol. The fourth-order valence-electron chi connectivity index (χ4n) is 1.19. The lowest BCUT2D eigenvalue weighted by atomic mass is 10.3. The number of hydrogen-bond acceptors (Lipinski definition) is 4. The summed E-state index contributed by atoms with van der Waals surface area (Å²) in [5.74, 6) is -0.978. The number of amides is 2. The van der Waals surface area contributed by atoms with Gasteiger partial charge < -0.3 is 11.1 Å². The van der Waals surface area contributed by atoms with Crippen molar-refractivity contribution in [2.24, 2.45) is 0 Å². The molecule has 6 nitrogen and oxygen atoms in total. The summed E-state index contributed by atoms with van der Waals surface area (Å²) < 4.78 is 38.5. The van der Waals surface area contributed by atoms with Crippen LogP contribution in [0.1, 0.15) is 13.8 Å². The van der Waals surface area contributed by atoms with Crippen LogP contribution in [0, 0.1) is 5.82 Å². The average molecular weight is 275 g/mol. The van der Waals surface area contributed by atoms with Crippen molar-refractivity contribution in [3.8, 4) is 0 Å². The number of hydrogen-bond donors (Lipinski definition) is 3. The number of sulfonamides is 1. The molecule has 0 aliphatic rings. The molecule has 100 valence electrons. The zero-order valence-electron chi connectivity index (χ0n) is 9.90. The highest BCUT2D eigenvalue weighted by atomic mass is 32.2. The van der Waals surface area contributed by atoms with Gasteiger partial charge in [-0.15, -0.1) is 0 Å². The largest absolute Gasteiger partial charge is 0.399 e. The molecule has 0 spiro atoms. The van der Waals surface area contributed by atoms with Crippen LogP contribution in [0.3, 0.4) is 0 Å². The number of carbonyl (C=O) groups excluding carboxylic acids is 1. The zero-order valence-corrected chi connectivity index (χ0v) is 10.7. The van der Waals surface area contributed by atoms with Gasteiger partial charge in [-0.3, -0.25) is 0 Å². The highest BCUT2D eigenvalue weighted by molar-refractivity contribution is 7.90. The van der Waals surface area contributed by atoms with Gasteiger partial charge in [-0.25, -0.2) is 22.3 Å². The first-order chi connectivity index (χ1) is 8.22. The Labute approximate surface area is 104 Å². The molecule has 1 aromatic rings. The van der Waals surface area contributed by atoms with Crippen LogP contribution in [-0.2, 0) is 10.0 Å². The minimum atomic E-state index is -4.28. The molecule has 0 saturated heterocycles. The van der Waals surface area contributed by atoms with E-state index in [4.69, 9.17) is 5.73 Å². The van der Waals surface area contributed by atoms with Crippen LogP contribution in [0.5, 0.6) is 0 Å². The van der Waals surface area contributed by atoms with Crippen LogP contribution in [0.2, 0.25) is 0 Å². The molecule has 18 heavy (non-hydrogen) atoms. The summed E-state index contributed by atoms with van der Waals surface area (Å²) in [6.07, 6.45) is 0. The number of halogens is 1. The van der Waals surface area contributed by atoms with Gasteiger partial charge in [-0.2, -0.15) is 0 Å². The van der Waals surface area contributed by atoms with E-state index in [9.17, 15) is 17.6 Å². The Morgan fingerprint density at radius 3 is 2.56 bits per heavy atom. The van der Waals surface area contributed by atoms with Gasteiger partial charge in [0, 0.05) is 11.7 Å². The Morgan fingerprint density at radius 2 is 2.00 bits per heavy atom. The molecule has 0 unspecified atom stereocenters. The fourth-order valence-corrected chi connectivity index (χ4v) is 2.22. The van der Waals surface area contributed by atoms with E-state index in [0.717, 1.165) is 12.1 Å². The smallest absolute Gasteiger partial charge is 0.328 e. The summed E-state index contributed by atoms with van der Waals surface area (Å²) in [6.45, 7) is 3.32. The summed E-state index contributed by atoms with van der Waals surface area (Å²) in [4.78, 5) is 10.6. The van der Waals surface area contributed by atoms with Gasteiger partial charge in [0.1, 0.15) is 10.7 Å². The van der Waals surface area contributed by atoms with Gasteiger partial charge in [0.25, 0.3) is 10.0 Å². The second kappa shape index (κ2) is 5.21. The summed E-state index contributed by atoms with van der Waals surface area (Å²) in [7, 11) is -4.28. The van der Waals surface area contributed by atoms with Crippen LogP contribution in [0.4, 0.5) is 14.9 Å². The van der Waals surface area contributed by atoms with Crippen molar-refractivity contribution in [2.45, 2.75) is 24.8 Å². The first-order valence-corrected chi connectivity index (χ1v) is 6.59. The number of nitrogen functional groups attached to an aromatic ring is 1. The number of nitrogens with one attached hydrogen (secondary N) is 2. The van der Waals surface area contributed by atoms with E-state index >= 15 is 0 Å². The second-order valence-corrected chi connectivity index (χ2v) is 5.57. The zero-order chi connectivity index (χ0) is 13.9. The SMILES string of the molecule is CC(C)NC(=O)NS(=O)(=O)c1cc(N)ccc1F. The third-order valence-electron chi connectivity index (χ3n) is 1.89. The molecule has 0 saturated carbocycles. The number of nitrogens with two attached hydrogens (primary N) is 1. The van der Waals surface area contributed by atoms with Crippen LogP contribution in [0.25, 0.3) is 0 Å². The standard InChI is InChI=1S/C10H14FN3O3S/c1-6(2)13-10(15)14-18(16,17)9-5-7(12)3-4-8(9)11/h3-6H,12H2,1-2H3,(H2,13,14,15). The average Bonchev–Trinajstić information content (AvgIpc) is 2.19. The number of rotatable bonds is 3. The second-order valence-electron chi connectivity index (χ2n) is 3.92. The molecular weight excluding hydrogens is 261 g/mol. The van der Waals surface area contributed by atoms with E-state index < -0.39 is 26.8 Å². The van der Waals surface area contributed by atoms with Crippen LogP contribution in [0.15, 0.2) is 23.1 Å². The maximum atomic E-state index is 13.4. The molecule has 2 amide bonds. The van der Waals surface area contributed by atoms with E-state index in [1.807, 2.05) is 0 Å². The number of benzene rings is 1. The summed E-state index contributed by atoms with van der Waals surface area (Å²) in [5, 5.41) is 2.32. The minimum Gasteiger partial charge on any atom is -0.399 e.